The van der Waals surface area contributed by atoms with E-state index in [4.69, 9.17) is 17.3 Å². The third kappa shape index (κ3) is 2.40. The summed E-state index contributed by atoms with van der Waals surface area (Å²) in [4.78, 5) is 14.7. The first-order valence-corrected chi connectivity index (χ1v) is 5.12. The number of halogens is 1. The molecular formula is C9H11ClN6. The number of H-pyrrole nitrogens is 1. The smallest absolute Gasteiger partial charge is 0.157 e. The molecule has 0 aromatic carbocycles. The standard InChI is InChI=1S/C9H11ClN6/c10-8-7(11)9(16-5-15-8)13-2-1-6-3-12-4-14-6/h3-5H,1-2,11H2,(H,12,14)(H,13,15,16). The van der Waals surface area contributed by atoms with Crippen molar-refractivity contribution in [3.63, 3.8) is 0 Å². The van der Waals surface area contributed by atoms with Crippen LogP contribution in [0.2, 0.25) is 5.15 Å². The second kappa shape index (κ2) is 4.80. The van der Waals surface area contributed by atoms with Crippen LogP contribution in [-0.2, 0) is 6.42 Å². The second-order valence-electron chi connectivity index (χ2n) is 3.18. The molecule has 2 rings (SSSR count). The zero-order valence-electron chi connectivity index (χ0n) is 8.44. The molecule has 2 heterocycles. The molecule has 0 aliphatic heterocycles. The Morgan fingerprint density at radius 1 is 1.44 bits per heavy atom. The van der Waals surface area contributed by atoms with Crippen molar-refractivity contribution in [2.75, 3.05) is 17.6 Å². The van der Waals surface area contributed by atoms with Gasteiger partial charge in [-0.05, 0) is 0 Å². The summed E-state index contributed by atoms with van der Waals surface area (Å²) < 4.78 is 0. The molecule has 2 aromatic rings. The second-order valence-corrected chi connectivity index (χ2v) is 3.54. The van der Waals surface area contributed by atoms with Crippen molar-refractivity contribution in [3.8, 4) is 0 Å². The van der Waals surface area contributed by atoms with Crippen LogP contribution in [0.25, 0.3) is 0 Å². The maximum Gasteiger partial charge on any atom is 0.157 e. The number of nitrogen functional groups attached to an aromatic ring is 1. The van der Waals surface area contributed by atoms with Gasteiger partial charge in [-0.15, -0.1) is 0 Å². The fourth-order valence-corrected chi connectivity index (χ4v) is 1.39. The Kier molecular flexibility index (Phi) is 3.21. The normalized spacial score (nSPS) is 10.3. The Balaban J connectivity index is 1.92. The molecule has 84 valence electrons. The number of aromatic amines is 1. The van der Waals surface area contributed by atoms with E-state index in [0.717, 1.165) is 12.1 Å². The molecule has 0 spiro atoms. The fourth-order valence-electron chi connectivity index (χ4n) is 1.25. The molecule has 0 amide bonds. The topological polar surface area (TPSA) is 92.5 Å². The Labute approximate surface area is 97.3 Å². The molecular weight excluding hydrogens is 228 g/mol. The largest absolute Gasteiger partial charge is 0.393 e. The first-order chi connectivity index (χ1) is 7.77. The van der Waals surface area contributed by atoms with Crippen molar-refractivity contribution in [2.24, 2.45) is 0 Å². The summed E-state index contributed by atoms with van der Waals surface area (Å²) in [6.07, 6.45) is 5.60. The Bertz CT molecular complexity index is 455. The van der Waals surface area contributed by atoms with Gasteiger partial charge in [-0.25, -0.2) is 15.0 Å². The van der Waals surface area contributed by atoms with E-state index in [1.54, 1.807) is 12.5 Å². The minimum absolute atomic E-state index is 0.263. The van der Waals surface area contributed by atoms with Gasteiger partial charge in [0.15, 0.2) is 11.0 Å². The van der Waals surface area contributed by atoms with E-state index in [9.17, 15) is 0 Å². The highest BCUT2D eigenvalue weighted by Gasteiger charge is 2.04. The zero-order chi connectivity index (χ0) is 11.4. The summed E-state index contributed by atoms with van der Waals surface area (Å²) in [6, 6.07) is 0. The van der Waals surface area contributed by atoms with Crippen LogP contribution in [0.15, 0.2) is 18.9 Å². The number of anilines is 2. The minimum atomic E-state index is 0.263. The zero-order valence-corrected chi connectivity index (χ0v) is 9.20. The van der Waals surface area contributed by atoms with Crippen molar-refractivity contribution in [1.82, 2.24) is 19.9 Å². The van der Waals surface area contributed by atoms with Gasteiger partial charge in [0.1, 0.15) is 12.0 Å². The van der Waals surface area contributed by atoms with Crippen LogP contribution in [0.1, 0.15) is 5.69 Å². The van der Waals surface area contributed by atoms with Gasteiger partial charge in [0.2, 0.25) is 0 Å². The summed E-state index contributed by atoms with van der Waals surface area (Å²) in [5, 5.41) is 3.35. The monoisotopic (exact) mass is 238 g/mol. The quantitative estimate of drug-likeness (QED) is 0.694. The van der Waals surface area contributed by atoms with E-state index in [1.165, 1.54) is 6.33 Å². The van der Waals surface area contributed by atoms with Crippen molar-refractivity contribution in [1.29, 1.82) is 0 Å². The fraction of sp³-hybridized carbons (Fsp3) is 0.222. The average Bonchev–Trinajstić information content (AvgIpc) is 2.77. The van der Waals surface area contributed by atoms with Gasteiger partial charge in [-0.3, -0.25) is 0 Å². The van der Waals surface area contributed by atoms with Crippen LogP contribution in [-0.4, -0.2) is 26.5 Å². The van der Waals surface area contributed by atoms with Gasteiger partial charge < -0.3 is 16.0 Å². The van der Waals surface area contributed by atoms with E-state index in [0.29, 0.717) is 18.1 Å². The van der Waals surface area contributed by atoms with Crippen molar-refractivity contribution in [3.05, 3.63) is 29.7 Å². The minimum Gasteiger partial charge on any atom is -0.393 e. The van der Waals surface area contributed by atoms with Gasteiger partial charge in [-0.1, -0.05) is 11.6 Å². The molecule has 0 saturated heterocycles. The first-order valence-electron chi connectivity index (χ1n) is 4.74. The summed E-state index contributed by atoms with van der Waals surface area (Å²) >= 11 is 5.76. The number of nitrogens with zero attached hydrogens (tertiary/aromatic N) is 3. The van der Waals surface area contributed by atoms with Gasteiger partial charge in [-0.2, -0.15) is 0 Å². The molecule has 0 aliphatic carbocycles. The maximum atomic E-state index is 5.76. The van der Waals surface area contributed by atoms with E-state index < -0.39 is 0 Å². The molecule has 7 heteroatoms. The molecule has 16 heavy (non-hydrogen) atoms. The molecule has 0 fully saturated rings. The summed E-state index contributed by atoms with van der Waals surface area (Å²) in [6.45, 7) is 0.694. The lowest BCUT2D eigenvalue weighted by Crippen LogP contribution is -2.09. The molecule has 0 atom stereocenters. The van der Waals surface area contributed by atoms with Crippen LogP contribution < -0.4 is 11.1 Å². The van der Waals surface area contributed by atoms with Crippen LogP contribution in [0.4, 0.5) is 11.5 Å². The third-order valence-corrected chi connectivity index (χ3v) is 2.38. The molecule has 0 bridgehead atoms. The van der Waals surface area contributed by atoms with Crippen LogP contribution in [0.3, 0.4) is 0 Å². The number of aromatic nitrogens is 4. The van der Waals surface area contributed by atoms with E-state index in [2.05, 4.69) is 25.3 Å². The van der Waals surface area contributed by atoms with E-state index in [1.807, 2.05) is 0 Å². The molecule has 2 aromatic heterocycles. The average molecular weight is 239 g/mol. The predicted molar refractivity (Wildman–Crippen MR) is 62.2 cm³/mol. The van der Waals surface area contributed by atoms with Crippen LogP contribution in [0.5, 0.6) is 0 Å². The SMILES string of the molecule is Nc1c(Cl)ncnc1NCCc1cnc[nH]1. The Morgan fingerprint density at radius 2 is 2.31 bits per heavy atom. The van der Waals surface area contributed by atoms with Crippen LogP contribution in [0, 0.1) is 0 Å². The molecule has 0 saturated carbocycles. The number of imidazole rings is 1. The summed E-state index contributed by atoms with van der Waals surface area (Å²) in [5.74, 6) is 0.555. The highest BCUT2D eigenvalue weighted by atomic mass is 35.5. The van der Waals surface area contributed by atoms with Crippen molar-refractivity contribution >= 4 is 23.1 Å². The van der Waals surface area contributed by atoms with Crippen molar-refractivity contribution in [2.45, 2.75) is 6.42 Å². The summed E-state index contributed by atoms with van der Waals surface area (Å²) in [5.41, 5.74) is 7.12. The van der Waals surface area contributed by atoms with Crippen LogP contribution >= 0.6 is 11.6 Å². The van der Waals surface area contributed by atoms with Gasteiger partial charge in [0, 0.05) is 24.9 Å². The first kappa shape index (κ1) is 10.7. The van der Waals surface area contributed by atoms with Gasteiger partial charge in [0.05, 0.1) is 6.33 Å². The van der Waals surface area contributed by atoms with Gasteiger partial charge >= 0.3 is 0 Å². The molecule has 6 nitrogen and oxygen atoms in total. The molecule has 0 aliphatic rings. The molecule has 0 radical (unpaired) electrons. The van der Waals surface area contributed by atoms with Crippen molar-refractivity contribution < 1.29 is 0 Å². The number of nitrogens with one attached hydrogen (secondary N) is 2. The number of hydrogen-bond donors (Lipinski definition) is 3. The lowest BCUT2D eigenvalue weighted by Gasteiger charge is -2.07. The molecule has 0 unspecified atom stereocenters. The highest BCUT2D eigenvalue weighted by Crippen LogP contribution is 2.21. The highest BCUT2D eigenvalue weighted by molar-refractivity contribution is 6.32. The molecule has 4 N–H and O–H groups in total. The number of hydrogen-bond acceptors (Lipinski definition) is 5. The lowest BCUT2D eigenvalue weighted by atomic mass is 10.3. The Hall–Kier alpha value is -1.82. The Morgan fingerprint density at radius 3 is 3.06 bits per heavy atom. The van der Waals surface area contributed by atoms with E-state index >= 15 is 0 Å². The van der Waals surface area contributed by atoms with Gasteiger partial charge in [0.25, 0.3) is 0 Å². The summed E-state index contributed by atoms with van der Waals surface area (Å²) in [7, 11) is 0. The predicted octanol–water partition coefficient (Wildman–Crippen LogP) is 1.09. The maximum absolute atomic E-state index is 5.76. The third-order valence-electron chi connectivity index (χ3n) is 2.08. The lowest BCUT2D eigenvalue weighted by molar-refractivity contribution is 0.965. The number of rotatable bonds is 4. The van der Waals surface area contributed by atoms with E-state index in [-0.39, 0.29) is 5.15 Å². The number of nitrogens with two attached hydrogens (primary N) is 1.